The normalized spacial score (nSPS) is 18.0. The van der Waals surface area contributed by atoms with Crippen molar-refractivity contribution in [2.45, 2.75) is 13.0 Å². The zero-order valence-corrected chi connectivity index (χ0v) is 13.7. The molecule has 0 spiro atoms. The summed E-state index contributed by atoms with van der Waals surface area (Å²) in [5.74, 6) is 0.0345. The second-order valence-corrected chi connectivity index (χ2v) is 5.79. The van der Waals surface area contributed by atoms with Crippen LogP contribution in [0.15, 0.2) is 30.5 Å². The van der Waals surface area contributed by atoms with Crippen molar-refractivity contribution in [2.24, 2.45) is 7.05 Å². The van der Waals surface area contributed by atoms with E-state index in [0.29, 0.717) is 25.4 Å². The summed E-state index contributed by atoms with van der Waals surface area (Å²) in [5.41, 5.74) is 3.49. The lowest BCUT2D eigenvalue weighted by Crippen LogP contribution is -2.43. The highest BCUT2D eigenvalue weighted by molar-refractivity contribution is 5.92. The van der Waals surface area contributed by atoms with E-state index in [2.05, 4.69) is 10.3 Å². The average molecular weight is 314 g/mol. The van der Waals surface area contributed by atoms with Crippen LogP contribution in [0, 0.1) is 6.92 Å². The minimum absolute atomic E-state index is 0.0345. The molecule has 2 aromatic rings. The molecule has 0 aromatic carbocycles. The number of rotatable bonds is 3. The van der Waals surface area contributed by atoms with Gasteiger partial charge in [-0.05, 0) is 31.2 Å². The zero-order chi connectivity index (χ0) is 16.4. The van der Waals surface area contributed by atoms with Crippen molar-refractivity contribution in [1.82, 2.24) is 14.5 Å². The van der Waals surface area contributed by atoms with Gasteiger partial charge in [-0.3, -0.25) is 9.78 Å². The van der Waals surface area contributed by atoms with Crippen LogP contribution in [0.2, 0.25) is 0 Å². The molecule has 0 aliphatic carbocycles. The van der Waals surface area contributed by atoms with Gasteiger partial charge in [-0.1, -0.05) is 0 Å². The van der Waals surface area contributed by atoms with Gasteiger partial charge in [0, 0.05) is 38.2 Å². The predicted octanol–water partition coefficient (Wildman–Crippen LogP) is 1.98. The molecule has 1 aliphatic rings. The summed E-state index contributed by atoms with van der Waals surface area (Å²) in [6.07, 6.45) is 1.69. The van der Waals surface area contributed by atoms with Crippen molar-refractivity contribution in [3.63, 3.8) is 0 Å². The molecular weight excluding hydrogens is 292 g/mol. The third kappa shape index (κ3) is 3.22. The number of hydrogen-bond donors (Lipinski definition) is 1. The molecule has 1 amide bonds. The fourth-order valence-electron chi connectivity index (χ4n) is 2.86. The topological polar surface area (TPSA) is 59.4 Å². The second kappa shape index (κ2) is 6.42. The van der Waals surface area contributed by atoms with Crippen LogP contribution in [0.1, 0.15) is 28.0 Å². The van der Waals surface area contributed by atoms with E-state index in [1.807, 2.05) is 60.9 Å². The van der Waals surface area contributed by atoms with Crippen molar-refractivity contribution < 1.29 is 9.53 Å². The summed E-state index contributed by atoms with van der Waals surface area (Å²) in [5, 5.41) is 3.13. The largest absolute Gasteiger partial charge is 0.388 e. The van der Waals surface area contributed by atoms with Crippen molar-refractivity contribution in [1.29, 1.82) is 0 Å². The Morgan fingerprint density at radius 2 is 2.26 bits per heavy atom. The molecule has 1 unspecified atom stereocenters. The van der Waals surface area contributed by atoms with Crippen molar-refractivity contribution in [3.05, 3.63) is 47.5 Å². The number of nitrogens with zero attached hydrogens (tertiary/aromatic N) is 3. The van der Waals surface area contributed by atoms with Gasteiger partial charge in [0.2, 0.25) is 0 Å². The summed E-state index contributed by atoms with van der Waals surface area (Å²) in [4.78, 5) is 19.1. The number of nitrogens with one attached hydrogen (secondary N) is 1. The zero-order valence-electron chi connectivity index (χ0n) is 13.7. The first-order valence-corrected chi connectivity index (χ1v) is 7.77. The van der Waals surface area contributed by atoms with Crippen LogP contribution in [0.25, 0.3) is 0 Å². The molecule has 0 bridgehead atoms. The first-order valence-electron chi connectivity index (χ1n) is 7.77. The van der Waals surface area contributed by atoms with E-state index in [9.17, 15) is 4.79 Å². The summed E-state index contributed by atoms with van der Waals surface area (Å²) >= 11 is 0. The molecule has 2 aromatic heterocycles. The van der Waals surface area contributed by atoms with Crippen molar-refractivity contribution in [3.8, 4) is 0 Å². The van der Waals surface area contributed by atoms with Gasteiger partial charge in [-0.2, -0.15) is 0 Å². The highest BCUT2D eigenvalue weighted by Crippen LogP contribution is 2.24. The minimum Gasteiger partial charge on any atom is -0.388 e. The number of morpholine rings is 1. The summed E-state index contributed by atoms with van der Waals surface area (Å²) in [6, 6.07) is 7.69. The Labute approximate surface area is 136 Å². The van der Waals surface area contributed by atoms with Crippen LogP contribution in [-0.4, -0.2) is 47.1 Å². The molecule has 3 heterocycles. The van der Waals surface area contributed by atoms with E-state index in [4.69, 9.17) is 4.74 Å². The van der Waals surface area contributed by atoms with Crippen LogP contribution >= 0.6 is 0 Å². The van der Waals surface area contributed by atoms with Gasteiger partial charge in [0.15, 0.2) is 0 Å². The van der Waals surface area contributed by atoms with E-state index in [0.717, 1.165) is 17.1 Å². The molecule has 122 valence electrons. The first kappa shape index (κ1) is 15.6. The third-order valence-electron chi connectivity index (χ3n) is 4.11. The monoisotopic (exact) mass is 314 g/mol. The summed E-state index contributed by atoms with van der Waals surface area (Å²) in [6.45, 7) is 3.60. The van der Waals surface area contributed by atoms with Crippen LogP contribution in [-0.2, 0) is 11.8 Å². The molecule has 1 N–H and O–H groups in total. The standard InChI is InChI=1S/C17H22N4O2/c1-12-9-13(18-2)10-14(19-12)16-11-21(7-8-23-16)17(22)15-5-4-6-20(15)3/h4-6,9-10,16H,7-8,11H2,1-3H3,(H,18,19). The molecule has 0 radical (unpaired) electrons. The van der Waals surface area contributed by atoms with Gasteiger partial charge in [0.1, 0.15) is 11.8 Å². The Hall–Kier alpha value is -2.34. The smallest absolute Gasteiger partial charge is 0.270 e. The van der Waals surface area contributed by atoms with Gasteiger partial charge in [0.05, 0.1) is 18.8 Å². The number of aromatic nitrogens is 2. The molecule has 23 heavy (non-hydrogen) atoms. The fourth-order valence-corrected chi connectivity index (χ4v) is 2.86. The number of carbonyl (C=O) groups is 1. The fraction of sp³-hybridized carbons (Fsp3) is 0.412. The lowest BCUT2D eigenvalue weighted by molar-refractivity contribution is -0.0250. The molecular formula is C17H22N4O2. The third-order valence-corrected chi connectivity index (χ3v) is 4.11. The lowest BCUT2D eigenvalue weighted by atomic mass is 10.1. The molecule has 1 aliphatic heterocycles. The maximum Gasteiger partial charge on any atom is 0.270 e. The molecule has 0 saturated carbocycles. The van der Waals surface area contributed by atoms with Crippen molar-refractivity contribution >= 4 is 11.6 Å². The van der Waals surface area contributed by atoms with Gasteiger partial charge >= 0.3 is 0 Å². The number of carbonyl (C=O) groups excluding carboxylic acids is 1. The molecule has 1 fully saturated rings. The Morgan fingerprint density at radius 1 is 1.43 bits per heavy atom. The Kier molecular flexibility index (Phi) is 4.34. The Morgan fingerprint density at radius 3 is 2.96 bits per heavy atom. The van der Waals surface area contributed by atoms with Crippen LogP contribution in [0.5, 0.6) is 0 Å². The maximum atomic E-state index is 12.7. The highest BCUT2D eigenvalue weighted by atomic mass is 16.5. The average Bonchev–Trinajstić information content (AvgIpc) is 2.99. The van der Waals surface area contributed by atoms with Crippen LogP contribution < -0.4 is 5.32 Å². The highest BCUT2D eigenvalue weighted by Gasteiger charge is 2.28. The van der Waals surface area contributed by atoms with Crippen LogP contribution in [0.4, 0.5) is 5.69 Å². The molecule has 3 rings (SSSR count). The number of aryl methyl sites for hydroxylation is 2. The molecule has 6 nitrogen and oxygen atoms in total. The van der Waals surface area contributed by atoms with E-state index in [-0.39, 0.29) is 12.0 Å². The number of pyridine rings is 1. The van der Waals surface area contributed by atoms with Gasteiger partial charge in [0.25, 0.3) is 5.91 Å². The minimum atomic E-state index is -0.194. The quantitative estimate of drug-likeness (QED) is 0.941. The Balaban J connectivity index is 1.80. The molecule has 1 saturated heterocycles. The van der Waals surface area contributed by atoms with E-state index < -0.39 is 0 Å². The molecule has 1 atom stereocenters. The van der Waals surface area contributed by atoms with E-state index >= 15 is 0 Å². The van der Waals surface area contributed by atoms with Crippen LogP contribution in [0.3, 0.4) is 0 Å². The van der Waals surface area contributed by atoms with Gasteiger partial charge in [-0.15, -0.1) is 0 Å². The van der Waals surface area contributed by atoms with E-state index in [1.54, 1.807) is 0 Å². The maximum absolute atomic E-state index is 12.7. The predicted molar refractivity (Wildman–Crippen MR) is 88.5 cm³/mol. The number of anilines is 1. The lowest BCUT2D eigenvalue weighted by Gasteiger charge is -2.33. The number of amides is 1. The SMILES string of the molecule is CNc1cc(C)nc(C2CN(C(=O)c3cccn3C)CCO2)c1. The summed E-state index contributed by atoms with van der Waals surface area (Å²) in [7, 11) is 3.76. The van der Waals surface area contributed by atoms with E-state index in [1.165, 1.54) is 0 Å². The number of ether oxygens (including phenoxy) is 1. The van der Waals surface area contributed by atoms with Crippen molar-refractivity contribution in [2.75, 3.05) is 32.1 Å². The number of hydrogen-bond acceptors (Lipinski definition) is 4. The van der Waals surface area contributed by atoms with Gasteiger partial charge < -0.3 is 19.5 Å². The Bertz CT molecular complexity index is 710. The first-order chi connectivity index (χ1) is 11.1. The van der Waals surface area contributed by atoms with Gasteiger partial charge in [-0.25, -0.2) is 0 Å². The summed E-state index contributed by atoms with van der Waals surface area (Å²) < 4.78 is 7.70. The second-order valence-electron chi connectivity index (χ2n) is 5.79. The molecule has 6 heteroatoms.